The number of ketones is 2. The van der Waals surface area contributed by atoms with Crippen molar-refractivity contribution in [1.29, 1.82) is 0 Å². The van der Waals surface area contributed by atoms with Crippen LogP contribution in [0.2, 0.25) is 0 Å². The molecule has 0 saturated heterocycles. The number of carbonyl (C=O) groups excluding carboxylic acids is 2. The summed E-state index contributed by atoms with van der Waals surface area (Å²) in [6, 6.07) is 3.02. The number of phenolic OH excluding ortho intramolecular Hbond substituents is 1. The first kappa shape index (κ1) is 10.4. The SMILES string of the molecule is COC1=CC(=O)c2c(O)cc(C)cc2C1=O. The van der Waals surface area contributed by atoms with Gasteiger partial charge in [0.25, 0.3) is 0 Å². The Labute approximate surface area is 92.2 Å². The number of aromatic hydroxyl groups is 1. The van der Waals surface area contributed by atoms with Crippen LogP contribution >= 0.6 is 0 Å². The van der Waals surface area contributed by atoms with Crippen LogP contribution in [0.1, 0.15) is 26.3 Å². The molecule has 1 aliphatic carbocycles. The maximum absolute atomic E-state index is 11.8. The lowest BCUT2D eigenvalue weighted by Crippen LogP contribution is -2.18. The van der Waals surface area contributed by atoms with Gasteiger partial charge in [0.15, 0.2) is 11.5 Å². The second-order valence-corrected chi connectivity index (χ2v) is 3.61. The van der Waals surface area contributed by atoms with Crippen molar-refractivity contribution in [2.45, 2.75) is 6.92 Å². The molecule has 1 aromatic carbocycles. The molecule has 1 N–H and O–H groups in total. The predicted molar refractivity (Wildman–Crippen MR) is 56.6 cm³/mol. The number of allylic oxidation sites excluding steroid dienone is 2. The van der Waals surface area contributed by atoms with Gasteiger partial charge in [0.1, 0.15) is 5.75 Å². The highest BCUT2D eigenvalue weighted by Gasteiger charge is 2.29. The molecule has 0 spiro atoms. The van der Waals surface area contributed by atoms with Crippen LogP contribution in [-0.4, -0.2) is 23.8 Å². The molecule has 0 atom stereocenters. The lowest BCUT2D eigenvalue weighted by molar-refractivity contribution is 0.0915. The quantitative estimate of drug-likeness (QED) is 0.777. The summed E-state index contributed by atoms with van der Waals surface area (Å²) < 4.78 is 4.82. The average molecular weight is 218 g/mol. The van der Waals surface area contributed by atoms with Gasteiger partial charge in [-0.1, -0.05) is 0 Å². The van der Waals surface area contributed by atoms with Crippen molar-refractivity contribution in [2.24, 2.45) is 0 Å². The number of rotatable bonds is 1. The highest BCUT2D eigenvalue weighted by atomic mass is 16.5. The topological polar surface area (TPSA) is 63.6 Å². The Morgan fingerprint density at radius 2 is 1.94 bits per heavy atom. The lowest BCUT2D eigenvalue weighted by Gasteiger charge is -2.15. The monoisotopic (exact) mass is 218 g/mol. The number of hydrogen-bond donors (Lipinski definition) is 1. The maximum atomic E-state index is 11.8. The van der Waals surface area contributed by atoms with Crippen molar-refractivity contribution < 1.29 is 19.4 Å². The number of phenols is 1. The van der Waals surface area contributed by atoms with E-state index in [2.05, 4.69) is 0 Å². The fraction of sp³-hybridized carbons (Fsp3) is 0.167. The number of aryl methyl sites for hydroxylation is 1. The molecule has 0 amide bonds. The van der Waals surface area contributed by atoms with E-state index in [9.17, 15) is 14.7 Å². The summed E-state index contributed by atoms with van der Waals surface area (Å²) in [5.74, 6) is -0.956. The minimum absolute atomic E-state index is 0.00231. The van der Waals surface area contributed by atoms with Crippen LogP contribution in [0, 0.1) is 6.92 Å². The molecule has 0 aliphatic heterocycles. The average Bonchev–Trinajstić information content (AvgIpc) is 2.22. The Hall–Kier alpha value is -2.10. The molecule has 16 heavy (non-hydrogen) atoms. The molecule has 0 fully saturated rings. The van der Waals surface area contributed by atoms with Gasteiger partial charge in [0.05, 0.1) is 12.7 Å². The Morgan fingerprint density at radius 1 is 1.25 bits per heavy atom. The summed E-state index contributed by atoms with van der Waals surface area (Å²) >= 11 is 0. The molecule has 0 radical (unpaired) electrons. The minimum atomic E-state index is -0.413. The van der Waals surface area contributed by atoms with Crippen LogP contribution in [0.4, 0.5) is 0 Å². The van der Waals surface area contributed by atoms with Gasteiger partial charge in [-0.25, -0.2) is 0 Å². The second kappa shape index (κ2) is 3.48. The van der Waals surface area contributed by atoms with E-state index in [1.165, 1.54) is 13.2 Å². The predicted octanol–water partition coefficient (Wildman–Crippen LogP) is 1.61. The van der Waals surface area contributed by atoms with Crippen LogP contribution in [0.15, 0.2) is 24.0 Å². The molecule has 2 rings (SSSR count). The summed E-state index contributed by atoms with van der Waals surface area (Å²) in [7, 11) is 1.33. The Balaban J connectivity index is 2.71. The lowest BCUT2D eigenvalue weighted by atomic mass is 9.91. The Morgan fingerprint density at radius 3 is 2.56 bits per heavy atom. The van der Waals surface area contributed by atoms with Crippen molar-refractivity contribution in [2.75, 3.05) is 7.11 Å². The highest BCUT2D eigenvalue weighted by molar-refractivity contribution is 6.24. The van der Waals surface area contributed by atoms with E-state index in [-0.39, 0.29) is 28.4 Å². The summed E-state index contributed by atoms with van der Waals surface area (Å²) in [5, 5.41) is 9.64. The van der Waals surface area contributed by atoms with Crippen molar-refractivity contribution in [3.8, 4) is 5.75 Å². The van der Waals surface area contributed by atoms with Gasteiger partial charge in [-0.05, 0) is 24.6 Å². The summed E-state index contributed by atoms with van der Waals surface area (Å²) in [5.41, 5.74) is 0.966. The Bertz CT molecular complexity index is 526. The summed E-state index contributed by atoms with van der Waals surface area (Å²) in [6.45, 7) is 1.74. The zero-order chi connectivity index (χ0) is 11.9. The first-order chi connectivity index (χ1) is 7.54. The number of fused-ring (bicyclic) bond motifs is 1. The molecular weight excluding hydrogens is 208 g/mol. The molecular formula is C12H10O4. The third-order valence-electron chi connectivity index (χ3n) is 2.46. The molecule has 0 unspecified atom stereocenters. The van der Waals surface area contributed by atoms with Crippen molar-refractivity contribution >= 4 is 11.6 Å². The molecule has 0 heterocycles. The van der Waals surface area contributed by atoms with E-state index >= 15 is 0 Å². The van der Waals surface area contributed by atoms with Crippen LogP contribution in [0.5, 0.6) is 5.75 Å². The zero-order valence-corrected chi connectivity index (χ0v) is 8.90. The molecule has 82 valence electrons. The number of ether oxygens (including phenoxy) is 1. The maximum Gasteiger partial charge on any atom is 0.228 e. The number of methoxy groups -OCH3 is 1. The van der Waals surface area contributed by atoms with E-state index in [1.54, 1.807) is 13.0 Å². The highest BCUT2D eigenvalue weighted by Crippen LogP contribution is 2.29. The molecule has 0 bridgehead atoms. The number of benzene rings is 1. The fourth-order valence-corrected chi connectivity index (χ4v) is 1.75. The second-order valence-electron chi connectivity index (χ2n) is 3.61. The van der Waals surface area contributed by atoms with Crippen molar-refractivity contribution in [3.63, 3.8) is 0 Å². The van der Waals surface area contributed by atoms with Crippen LogP contribution < -0.4 is 0 Å². The van der Waals surface area contributed by atoms with E-state index in [4.69, 9.17) is 4.74 Å². The van der Waals surface area contributed by atoms with E-state index < -0.39 is 5.78 Å². The molecule has 1 aromatic rings. The normalized spacial score (nSPS) is 14.5. The van der Waals surface area contributed by atoms with Crippen LogP contribution in [0.25, 0.3) is 0 Å². The summed E-state index contributed by atoms with van der Waals surface area (Å²) in [4.78, 5) is 23.5. The molecule has 4 heteroatoms. The minimum Gasteiger partial charge on any atom is -0.507 e. The third-order valence-corrected chi connectivity index (χ3v) is 2.46. The first-order valence-electron chi connectivity index (χ1n) is 4.73. The van der Waals surface area contributed by atoms with Gasteiger partial charge in [-0.3, -0.25) is 9.59 Å². The molecule has 0 aromatic heterocycles. The van der Waals surface area contributed by atoms with Crippen LogP contribution in [-0.2, 0) is 4.74 Å². The number of hydrogen-bond acceptors (Lipinski definition) is 4. The van der Waals surface area contributed by atoms with E-state index in [0.717, 1.165) is 11.6 Å². The molecule has 0 saturated carbocycles. The fourth-order valence-electron chi connectivity index (χ4n) is 1.75. The summed E-state index contributed by atoms with van der Waals surface area (Å²) in [6.07, 6.45) is 1.10. The molecule has 1 aliphatic rings. The molecule has 4 nitrogen and oxygen atoms in total. The Kier molecular flexibility index (Phi) is 2.27. The van der Waals surface area contributed by atoms with Crippen LogP contribution in [0.3, 0.4) is 0 Å². The van der Waals surface area contributed by atoms with Gasteiger partial charge in [0.2, 0.25) is 5.78 Å². The zero-order valence-electron chi connectivity index (χ0n) is 8.90. The standard InChI is InChI=1S/C12H10O4/c1-6-3-7-11(8(13)4-6)9(14)5-10(16-2)12(7)15/h3-5,13H,1-2H3. The van der Waals surface area contributed by atoms with E-state index in [1.807, 2.05) is 0 Å². The van der Waals surface area contributed by atoms with E-state index in [0.29, 0.717) is 0 Å². The number of carbonyl (C=O) groups is 2. The first-order valence-corrected chi connectivity index (χ1v) is 4.73. The van der Waals surface area contributed by atoms with Gasteiger partial charge < -0.3 is 9.84 Å². The van der Waals surface area contributed by atoms with Crippen molar-refractivity contribution in [1.82, 2.24) is 0 Å². The largest absolute Gasteiger partial charge is 0.507 e. The van der Waals surface area contributed by atoms with Gasteiger partial charge >= 0.3 is 0 Å². The smallest absolute Gasteiger partial charge is 0.228 e. The number of Topliss-reactive ketones (excluding diaryl/α,β-unsaturated/α-hetero) is 1. The van der Waals surface area contributed by atoms with Gasteiger partial charge in [0, 0.05) is 11.6 Å². The van der Waals surface area contributed by atoms with Gasteiger partial charge in [-0.2, -0.15) is 0 Å². The third kappa shape index (κ3) is 1.39. The van der Waals surface area contributed by atoms with Crippen molar-refractivity contribution in [3.05, 3.63) is 40.7 Å². The van der Waals surface area contributed by atoms with Gasteiger partial charge in [-0.15, -0.1) is 0 Å².